The van der Waals surface area contributed by atoms with Crippen molar-refractivity contribution in [2.24, 2.45) is 0 Å². The number of thioether (sulfide) groups is 1. The summed E-state index contributed by atoms with van der Waals surface area (Å²) in [5.74, 6) is 0.00473. The summed E-state index contributed by atoms with van der Waals surface area (Å²) in [4.78, 5) is 31.8. The van der Waals surface area contributed by atoms with Crippen LogP contribution in [-0.2, 0) is 20.7 Å². The Bertz CT molecular complexity index is 1490. The van der Waals surface area contributed by atoms with E-state index in [-0.39, 0.29) is 18.1 Å². The Balaban J connectivity index is 1.27. The van der Waals surface area contributed by atoms with Crippen molar-refractivity contribution in [1.82, 2.24) is 15.6 Å². The van der Waals surface area contributed by atoms with Crippen molar-refractivity contribution in [1.29, 1.82) is 0 Å². The van der Waals surface area contributed by atoms with Gasteiger partial charge in [-0.25, -0.2) is 4.79 Å². The number of nitrogens with zero attached hydrogens (tertiary/aromatic N) is 1. The molecule has 5 rings (SSSR count). The summed E-state index contributed by atoms with van der Waals surface area (Å²) < 4.78 is 11.4. The Morgan fingerprint density at radius 1 is 0.956 bits per heavy atom. The quantitative estimate of drug-likeness (QED) is 0.155. The zero-order valence-electron chi connectivity index (χ0n) is 25.0. The second kappa shape index (κ2) is 16.4. The zero-order chi connectivity index (χ0) is 31.4. The molecule has 0 spiro atoms. The fourth-order valence-electron chi connectivity index (χ4n) is 5.44. The molecule has 3 N–H and O–H groups in total. The number of para-hydroxylation sites is 1. The third kappa shape index (κ3) is 9.31. The van der Waals surface area contributed by atoms with Gasteiger partial charge < -0.3 is 25.4 Å². The number of alkyl carbamates (subject to hydrolysis) is 1. The van der Waals surface area contributed by atoms with Crippen molar-refractivity contribution in [3.8, 4) is 0 Å². The lowest BCUT2D eigenvalue weighted by Crippen LogP contribution is -2.48. The Kier molecular flexibility index (Phi) is 11.9. The molecular formula is C35H37ClN4O4S. The van der Waals surface area contributed by atoms with Crippen LogP contribution in [0.3, 0.4) is 0 Å². The molecule has 2 heterocycles. The predicted octanol–water partition coefficient (Wildman–Crippen LogP) is 6.31. The average molecular weight is 645 g/mol. The first kappa shape index (κ1) is 32.5. The van der Waals surface area contributed by atoms with Crippen LogP contribution in [0.2, 0.25) is 5.02 Å². The molecule has 1 fully saturated rings. The number of halogens is 1. The molecule has 1 aliphatic rings. The number of benzene rings is 3. The standard InChI is InChI=1S/C35H37ClN4O4S/c1-43-35(42)40-33(32(25-8-3-2-4-9-25)26-17-19-37-20-18-26)34(41)39-31-10-6-5-7-24(31)11-14-28-21-38-22-29(44-28)23-45-30-15-12-27(36)13-16-30/h2-10,12-13,15-20,28-29,32-33,38H,11,14,21-23H2,1H3,(H,39,41)(H,40,42)/t28-,29+,32+,33+/m1/s1. The van der Waals surface area contributed by atoms with E-state index < -0.39 is 18.1 Å². The summed E-state index contributed by atoms with van der Waals surface area (Å²) in [5, 5.41) is 10.1. The lowest BCUT2D eigenvalue weighted by Gasteiger charge is -2.31. The number of morpholine rings is 1. The van der Waals surface area contributed by atoms with E-state index in [2.05, 4.69) is 20.9 Å². The van der Waals surface area contributed by atoms with Crippen LogP contribution in [0.1, 0.15) is 29.0 Å². The molecule has 1 saturated heterocycles. The summed E-state index contributed by atoms with van der Waals surface area (Å²) in [6.45, 7) is 1.57. The Morgan fingerprint density at radius 2 is 1.64 bits per heavy atom. The maximum Gasteiger partial charge on any atom is 0.407 e. The van der Waals surface area contributed by atoms with Crippen molar-refractivity contribution in [3.05, 3.63) is 125 Å². The van der Waals surface area contributed by atoms with Gasteiger partial charge in [0.2, 0.25) is 5.91 Å². The number of ether oxygens (including phenoxy) is 2. The van der Waals surface area contributed by atoms with Gasteiger partial charge in [0.05, 0.1) is 19.3 Å². The van der Waals surface area contributed by atoms with Gasteiger partial charge >= 0.3 is 6.09 Å². The smallest absolute Gasteiger partial charge is 0.407 e. The van der Waals surface area contributed by atoms with Gasteiger partial charge in [-0.15, -0.1) is 11.8 Å². The number of hydrogen-bond donors (Lipinski definition) is 3. The van der Waals surface area contributed by atoms with Crippen LogP contribution in [0, 0.1) is 0 Å². The number of rotatable bonds is 12. The van der Waals surface area contributed by atoms with Gasteiger partial charge in [0.15, 0.2) is 0 Å². The Labute approximate surface area is 273 Å². The van der Waals surface area contributed by atoms with E-state index in [1.54, 1.807) is 24.2 Å². The van der Waals surface area contributed by atoms with Crippen LogP contribution in [0.15, 0.2) is 108 Å². The minimum absolute atomic E-state index is 0.0428. The highest BCUT2D eigenvalue weighted by Crippen LogP contribution is 2.30. The first-order valence-corrected chi connectivity index (χ1v) is 16.3. The van der Waals surface area contributed by atoms with E-state index in [1.807, 2.05) is 91.0 Å². The minimum Gasteiger partial charge on any atom is -0.453 e. The van der Waals surface area contributed by atoms with E-state index in [0.717, 1.165) is 51.9 Å². The molecule has 3 aromatic carbocycles. The van der Waals surface area contributed by atoms with Gasteiger partial charge in [-0.3, -0.25) is 9.78 Å². The molecule has 2 amide bonds. The highest BCUT2D eigenvalue weighted by molar-refractivity contribution is 7.99. The molecule has 0 unspecified atom stereocenters. The van der Waals surface area contributed by atoms with Gasteiger partial charge in [-0.05, 0) is 72.0 Å². The van der Waals surface area contributed by atoms with Crippen LogP contribution < -0.4 is 16.0 Å². The molecule has 4 atom stereocenters. The topological polar surface area (TPSA) is 102 Å². The lowest BCUT2D eigenvalue weighted by atomic mass is 9.85. The molecule has 8 nitrogen and oxygen atoms in total. The summed E-state index contributed by atoms with van der Waals surface area (Å²) in [5.41, 5.74) is 3.40. The number of nitrogens with one attached hydrogen (secondary N) is 3. The minimum atomic E-state index is -0.958. The molecule has 10 heteroatoms. The highest BCUT2D eigenvalue weighted by atomic mass is 35.5. The van der Waals surface area contributed by atoms with Crippen molar-refractivity contribution in [2.75, 3.05) is 31.3 Å². The van der Waals surface area contributed by atoms with E-state index >= 15 is 0 Å². The zero-order valence-corrected chi connectivity index (χ0v) is 26.6. The SMILES string of the molecule is COC(=O)N[C@H](C(=O)Nc1ccccc1CC[C@@H]1CNC[C@@H](CSc2ccc(Cl)cc2)O1)[C@@H](c1ccccc1)c1ccncc1. The maximum absolute atomic E-state index is 14.0. The predicted molar refractivity (Wildman–Crippen MR) is 179 cm³/mol. The van der Waals surface area contributed by atoms with Crippen molar-refractivity contribution in [3.63, 3.8) is 0 Å². The van der Waals surface area contributed by atoms with Gasteiger partial charge in [-0.1, -0.05) is 60.1 Å². The highest BCUT2D eigenvalue weighted by Gasteiger charge is 2.33. The van der Waals surface area contributed by atoms with Crippen LogP contribution >= 0.6 is 23.4 Å². The number of aromatic nitrogens is 1. The third-order valence-electron chi connectivity index (χ3n) is 7.69. The molecule has 1 aliphatic heterocycles. The number of amides is 2. The van der Waals surface area contributed by atoms with Crippen LogP contribution in [0.5, 0.6) is 0 Å². The fraction of sp³-hybridized carbons (Fsp3) is 0.286. The van der Waals surface area contributed by atoms with Gasteiger partial charge in [0, 0.05) is 52.8 Å². The number of hydrogen-bond acceptors (Lipinski definition) is 7. The van der Waals surface area contributed by atoms with Gasteiger partial charge in [-0.2, -0.15) is 0 Å². The van der Waals surface area contributed by atoms with E-state index in [4.69, 9.17) is 21.1 Å². The first-order chi connectivity index (χ1) is 22.0. The molecular weight excluding hydrogens is 608 g/mol. The maximum atomic E-state index is 14.0. The molecule has 0 radical (unpaired) electrons. The number of anilines is 1. The summed E-state index contributed by atoms with van der Waals surface area (Å²) >= 11 is 7.77. The normalized spacial score (nSPS) is 17.6. The fourth-order valence-corrected chi connectivity index (χ4v) is 6.47. The van der Waals surface area contributed by atoms with Gasteiger partial charge in [0.1, 0.15) is 6.04 Å². The average Bonchev–Trinajstić information content (AvgIpc) is 3.08. The number of aryl methyl sites for hydroxylation is 1. The number of carbonyl (C=O) groups excluding carboxylic acids is 2. The summed E-state index contributed by atoms with van der Waals surface area (Å²) in [6, 6.07) is 28.0. The van der Waals surface area contributed by atoms with E-state index in [1.165, 1.54) is 7.11 Å². The van der Waals surface area contributed by atoms with Crippen molar-refractivity contribution >= 4 is 41.1 Å². The largest absolute Gasteiger partial charge is 0.453 e. The van der Waals surface area contributed by atoms with Crippen molar-refractivity contribution in [2.45, 2.75) is 41.9 Å². The second-order valence-corrected chi connectivity index (χ2v) is 12.3. The number of pyridine rings is 1. The molecule has 1 aromatic heterocycles. The molecule has 234 valence electrons. The first-order valence-electron chi connectivity index (χ1n) is 14.9. The Morgan fingerprint density at radius 3 is 2.40 bits per heavy atom. The molecule has 0 bridgehead atoms. The summed E-state index contributed by atoms with van der Waals surface area (Å²) in [7, 11) is 1.28. The second-order valence-electron chi connectivity index (χ2n) is 10.8. The Hall–Kier alpha value is -3.89. The van der Waals surface area contributed by atoms with E-state index in [9.17, 15) is 9.59 Å². The van der Waals surface area contributed by atoms with Crippen molar-refractivity contribution < 1.29 is 19.1 Å². The molecule has 45 heavy (non-hydrogen) atoms. The third-order valence-corrected chi connectivity index (χ3v) is 9.08. The lowest BCUT2D eigenvalue weighted by molar-refractivity contribution is -0.118. The molecule has 4 aromatic rings. The monoisotopic (exact) mass is 644 g/mol. The number of carbonyl (C=O) groups is 2. The summed E-state index contributed by atoms with van der Waals surface area (Å²) in [6.07, 6.45) is 4.29. The molecule has 0 aliphatic carbocycles. The number of methoxy groups -OCH3 is 1. The van der Waals surface area contributed by atoms with E-state index in [0.29, 0.717) is 12.1 Å². The van der Waals surface area contributed by atoms with Crippen LogP contribution in [-0.4, -0.2) is 61.2 Å². The van der Waals surface area contributed by atoms with Crippen LogP contribution in [0.4, 0.5) is 10.5 Å². The molecule has 0 saturated carbocycles. The van der Waals surface area contributed by atoms with Gasteiger partial charge in [0.25, 0.3) is 0 Å². The van der Waals surface area contributed by atoms with Crippen LogP contribution in [0.25, 0.3) is 0 Å².